The molecule has 0 atom stereocenters. The average molecular weight is 380 g/mol. The van der Waals surface area contributed by atoms with E-state index in [1.807, 2.05) is 24.3 Å². The van der Waals surface area contributed by atoms with Crippen LogP contribution < -0.4 is 9.47 Å². The molecule has 0 N–H and O–H groups in total. The topological polar surface area (TPSA) is 35.5 Å². The second kappa shape index (κ2) is 5.28. The molecule has 0 unspecified atom stereocenters. The van der Waals surface area contributed by atoms with E-state index in [-0.39, 0.29) is 12.6 Å². The highest BCUT2D eigenvalue weighted by molar-refractivity contribution is 9.10. The average Bonchev–Trinajstić information content (AvgIpc) is 3.26. The maximum absolute atomic E-state index is 12.7. The zero-order valence-electron chi connectivity index (χ0n) is 11.6. The summed E-state index contributed by atoms with van der Waals surface area (Å²) in [6, 6.07) is 9.48. The molecule has 1 fully saturated rings. The van der Waals surface area contributed by atoms with Crippen LogP contribution in [0.4, 0.5) is 0 Å². The largest absolute Gasteiger partial charge is 0.452 e. The molecule has 2 aromatic carbocycles. The number of hydrogen-bond acceptors (Lipinski definition) is 3. The lowest BCUT2D eigenvalue weighted by atomic mass is 10.0. The zero-order valence-corrected chi connectivity index (χ0v) is 13.9. The molecule has 1 aliphatic heterocycles. The molecule has 1 heterocycles. The van der Waals surface area contributed by atoms with Crippen LogP contribution in [0.3, 0.4) is 0 Å². The molecule has 3 nitrogen and oxygen atoms in total. The van der Waals surface area contributed by atoms with Crippen molar-refractivity contribution in [2.45, 2.75) is 18.8 Å². The van der Waals surface area contributed by atoms with Crippen molar-refractivity contribution < 1.29 is 14.3 Å². The summed E-state index contributed by atoms with van der Waals surface area (Å²) in [6.45, 7) is 0.112. The molecule has 22 heavy (non-hydrogen) atoms. The Morgan fingerprint density at radius 3 is 2.50 bits per heavy atom. The summed E-state index contributed by atoms with van der Waals surface area (Å²) in [5.74, 6) is 1.53. The van der Waals surface area contributed by atoms with Crippen LogP contribution in [0.2, 0.25) is 5.02 Å². The number of rotatable bonds is 3. The fraction of sp³-hybridized carbons (Fsp3) is 0.235. The van der Waals surface area contributed by atoms with Crippen molar-refractivity contribution in [1.82, 2.24) is 0 Å². The van der Waals surface area contributed by atoms with Crippen LogP contribution in [0.1, 0.15) is 40.2 Å². The summed E-state index contributed by atoms with van der Waals surface area (Å²) in [5.41, 5.74) is 2.34. The number of ether oxygens (including phenoxy) is 2. The first kappa shape index (κ1) is 14.1. The molecule has 0 bridgehead atoms. The van der Waals surface area contributed by atoms with Gasteiger partial charge in [-0.2, -0.15) is 0 Å². The quantitative estimate of drug-likeness (QED) is 0.709. The predicted molar refractivity (Wildman–Crippen MR) is 87.1 cm³/mol. The van der Waals surface area contributed by atoms with Crippen molar-refractivity contribution in [3.05, 3.63) is 56.5 Å². The molecule has 0 saturated heterocycles. The molecular weight excluding hydrogens is 368 g/mol. The number of ketones is 1. The van der Waals surface area contributed by atoms with Gasteiger partial charge in [0.2, 0.25) is 6.79 Å². The SMILES string of the molecule is O=C(c1ccc(C2CC2)cc1)c1cc(Br)c2c(c1Cl)OCO2. The van der Waals surface area contributed by atoms with E-state index >= 15 is 0 Å². The highest BCUT2D eigenvalue weighted by atomic mass is 79.9. The van der Waals surface area contributed by atoms with Gasteiger partial charge in [-0.25, -0.2) is 0 Å². The third-order valence-corrected chi connectivity index (χ3v) is 4.97. The van der Waals surface area contributed by atoms with Crippen LogP contribution in [0.15, 0.2) is 34.8 Å². The molecule has 0 aromatic heterocycles. The zero-order chi connectivity index (χ0) is 15.3. The Morgan fingerprint density at radius 1 is 1.14 bits per heavy atom. The molecule has 1 aliphatic carbocycles. The van der Waals surface area contributed by atoms with E-state index in [4.69, 9.17) is 21.1 Å². The summed E-state index contributed by atoms with van der Waals surface area (Å²) in [4.78, 5) is 12.7. The minimum atomic E-state index is -0.119. The van der Waals surface area contributed by atoms with Crippen molar-refractivity contribution in [3.63, 3.8) is 0 Å². The maximum atomic E-state index is 12.7. The fourth-order valence-electron chi connectivity index (χ4n) is 2.64. The Bertz CT molecular complexity index is 766. The van der Waals surface area contributed by atoms with Gasteiger partial charge in [-0.05, 0) is 46.3 Å². The van der Waals surface area contributed by atoms with Gasteiger partial charge in [0.1, 0.15) is 0 Å². The minimum Gasteiger partial charge on any atom is -0.452 e. The molecule has 2 aromatic rings. The van der Waals surface area contributed by atoms with E-state index < -0.39 is 0 Å². The van der Waals surface area contributed by atoms with E-state index in [9.17, 15) is 4.79 Å². The number of fused-ring (bicyclic) bond motifs is 1. The molecule has 4 rings (SSSR count). The van der Waals surface area contributed by atoms with Crippen molar-refractivity contribution in [3.8, 4) is 11.5 Å². The lowest BCUT2D eigenvalue weighted by molar-refractivity contribution is 0.103. The Morgan fingerprint density at radius 2 is 1.82 bits per heavy atom. The minimum absolute atomic E-state index is 0.112. The molecule has 5 heteroatoms. The van der Waals surface area contributed by atoms with Gasteiger partial charge in [0.05, 0.1) is 9.50 Å². The first-order chi connectivity index (χ1) is 10.6. The lowest BCUT2D eigenvalue weighted by Gasteiger charge is -2.09. The van der Waals surface area contributed by atoms with Crippen LogP contribution in [0.25, 0.3) is 0 Å². The molecule has 112 valence electrons. The Balaban J connectivity index is 1.72. The molecule has 0 amide bonds. The van der Waals surface area contributed by atoms with Crippen LogP contribution in [0.5, 0.6) is 11.5 Å². The summed E-state index contributed by atoms with van der Waals surface area (Å²) in [7, 11) is 0. The van der Waals surface area contributed by atoms with Gasteiger partial charge >= 0.3 is 0 Å². The van der Waals surface area contributed by atoms with Gasteiger partial charge < -0.3 is 9.47 Å². The first-order valence-corrected chi connectivity index (χ1v) is 8.24. The van der Waals surface area contributed by atoms with Crippen molar-refractivity contribution in [2.75, 3.05) is 6.79 Å². The van der Waals surface area contributed by atoms with Crippen LogP contribution in [0, 0.1) is 0 Å². The monoisotopic (exact) mass is 378 g/mol. The fourth-order valence-corrected chi connectivity index (χ4v) is 3.45. The van der Waals surface area contributed by atoms with Gasteiger partial charge in [0.15, 0.2) is 17.3 Å². The summed E-state index contributed by atoms with van der Waals surface area (Å²) >= 11 is 9.71. The molecular formula is C17H12BrClO3. The van der Waals surface area contributed by atoms with Crippen LogP contribution in [-0.4, -0.2) is 12.6 Å². The third kappa shape index (κ3) is 2.31. The van der Waals surface area contributed by atoms with Crippen LogP contribution in [-0.2, 0) is 0 Å². The molecule has 0 spiro atoms. The van der Waals surface area contributed by atoms with Gasteiger partial charge in [0.25, 0.3) is 0 Å². The van der Waals surface area contributed by atoms with E-state index in [0.717, 1.165) is 0 Å². The standard InChI is InChI=1S/C17H12BrClO3/c18-13-7-12(14(19)17-16(13)21-8-22-17)15(20)11-5-3-10(4-6-11)9-1-2-9/h3-7,9H,1-2,8H2. The van der Waals surface area contributed by atoms with Crippen molar-refractivity contribution in [2.24, 2.45) is 0 Å². The Labute approximate surface area is 141 Å². The van der Waals surface area contributed by atoms with Crippen LogP contribution >= 0.6 is 27.5 Å². The third-order valence-electron chi connectivity index (χ3n) is 4.00. The smallest absolute Gasteiger partial charge is 0.231 e. The number of hydrogen-bond donors (Lipinski definition) is 0. The number of carbonyl (C=O) groups is 1. The summed E-state index contributed by atoms with van der Waals surface area (Å²) < 4.78 is 11.4. The highest BCUT2D eigenvalue weighted by Gasteiger charge is 2.27. The summed E-state index contributed by atoms with van der Waals surface area (Å²) in [6.07, 6.45) is 2.49. The predicted octanol–water partition coefficient (Wildman–Crippen LogP) is 4.94. The maximum Gasteiger partial charge on any atom is 0.231 e. The number of carbonyl (C=O) groups excluding carboxylic acids is 1. The number of benzene rings is 2. The first-order valence-electron chi connectivity index (χ1n) is 7.07. The van der Waals surface area contributed by atoms with E-state index in [1.165, 1.54) is 18.4 Å². The van der Waals surface area contributed by atoms with Crippen molar-refractivity contribution >= 4 is 33.3 Å². The Kier molecular flexibility index (Phi) is 3.39. The second-order valence-corrected chi connectivity index (χ2v) is 6.74. The van der Waals surface area contributed by atoms with Gasteiger partial charge in [-0.15, -0.1) is 0 Å². The van der Waals surface area contributed by atoms with E-state index in [0.29, 0.717) is 38.0 Å². The van der Waals surface area contributed by atoms with E-state index in [2.05, 4.69) is 15.9 Å². The molecule has 1 saturated carbocycles. The van der Waals surface area contributed by atoms with Gasteiger partial charge in [-0.3, -0.25) is 4.79 Å². The second-order valence-electron chi connectivity index (χ2n) is 5.51. The number of halogens is 2. The van der Waals surface area contributed by atoms with Gasteiger partial charge in [0, 0.05) is 11.1 Å². The Hall–Kier alpha value is -1.52. The van der Waals surface area contributed by atoms with E-state index in [1.54, 1.807) is 6.07 Å². The molecule has 0 radical (unpaired) electrons. The lowest BCUT2D eigenvalue weighted by Crippen LogP contribution is -2.03. The van der Waals surface area contributed by atoms with Gasteiger partial charge in [-0.1, -0.05) is 35.9 Å². The highest BCUT2D eigenvalue weighted by Crippen LogP contribution is 2.46. The normalized spacial score (nSPS) is 15.9. The summed E-state index contributed by atoms with van der Waals surface area (Å²) in [5, 5.41) is 0.298. The van der Waals surface area contributed by atoms with Crippen molar-refractivity contribution in [1.29, 1.82) is 0 Å². The molecule has 2 aliphatic rings.